The van der Waals surface area contributed by atoms with Gasteiger partial charge in [0.25, 0.3) is 5.91 Å². The maximum atomic E-state index is 12.2. The monoisotopic (exact) mass is 389 g/mol. The number of ether oxygens (including phenoxy) is 2. The fourth-order valence-corrected chi connectivity index (χ4v) is 2.58. The lowest BCUT2D eigenvalue weighted by Crippen LogP contribution is -2.31. The number of hydrogen-bond acceptors (Lipinski definition) is 5. The molecule has 3 rings (SSSR count). The van der Waals surface area contributed by atoms with Gasteiger partial charge < -0.3 is 19.2 Å². The highest BCUT2D eigenvalue weighted by Gasteiger charge is 2.16. The van der Waals surface area contributed by atoms with Crippen LogP contribution in [0.1, 0.15) is 29.1 Å². The Balaban J connectivity index is 1.54. The number of halogens is 2. The van der Waals surface area contributed by atoms with Crippen LogP contribution in [0, 0.1) is 0 Å². The van der Waals surface area contributed by atoms with Gasteiger partial charge in [-0.1, -0.05) is 24.3 Å². The van der Waals surface area contributed by atoms with Crippen LogP contribution in [0.5, 0.6) is 5.75 Å². The van der Waals surface area contributed by atoms with Crippen molar-refractivity contribution in [1.82, 2.24) is 5.32 Å². The second-order valence-electron chi connectivity index (χ2n) is 5.96. The molecule has 6 nitrogen and oxygen atoms in total. The highest BCUT2D eigenvalue weighted by molar-refractivity contribution is 5.91. The molecule has 1 aromatic heterocycles. The summed E-state index contributed by atoms with van der Waals surface area (Å²) in [6, 6.07) is 14.0. The minimum absolute atomic E-state index is 0.00344. The Morgan fingerprint density at radius 2 is 1.89 bits per heavy atom. The molecule has 1 N–H and O–H groups in total. The minimum Gasteiger partial charge on any atom is -0.459 e. The SMILES string of the molecule is C[C@@H](NC(=O)COC(=O)c1cccc(OC(F)F)c1)c1cc2ccccc2o1. The number of amides is 1. The van der Waals surface area contributed by atoms with Crippen molar-refractivity contribution in [3.8, 4) is 5.75 Å². The zero-order chi connectivity index (χ0) is 20.1. The van der Waals surface area contributed by atoms with Crippen LogP contribution < -0.4 is 10.1 Å². The number of carbonyl (C=O) groups excluding carboxylic acids is 2. The Bertz CT molecular complexity index is 952. The van der Waals surface area contributed by atoms with Gasteiger partial charge in [-0.05, 0) is 37.3 Å². The lowest BCUT2D eigenvalue weighted by Gasteiger charge is -2.12. The van der Waals surface area contributed by atoms with Crippen molar-refractivity contribution in [1.29, 1.82) is 0 Å². The van der Waals surface area contributed by atoms with Gasteiger partial charge in [-0.25, -0.2) is 4.79 Å². The molecule has 8 heteroatoms. The van der Waals surface area contributed by atoms with Gasteiger partial charge in [0.1, 0.15) is 17.1 Å². The van der Waals surface area contributed by atoms with E-state index in [1.807, 2.05) is 30.3 Å². The molecule has 0 bridgehead atoms. The fraction of sp³-hybridized carbons (Fsp3) is 0.200. The maximum absolute atomic E-state index is 12.2. The Labute approximate surface area is 159 Å². The van der Waals surface area contributed by atoms with Crippen molar-refractivity contribution in [3.63, 3.8) is 0 Å². The minimum atomic E-state index is -3.00. The highest BCUT2D eigenvalue weighted by Crippen LogP contribution is 2.23. The molecule has 146 valence electrons. The summed E-state index contributed by atoms with van der Waals surface area (Å²) < 4.78 is 39.3. The van der Waals surface area contributed by atoms with Crippen molar-refractivity contribution in [2.45, 2.75) is 19.6 Å². The normalized spacial score (nSPS) is 12.0. The summed E-state index contributed by atoms with van der Waals surface area (Å²) >= 11 is 0. The molecule has 0 aliphatic heterocycles. The predicted octanol–water partition coefficient (Wildman–Crippen LogP) is 4.07. The van der Waals surface area contributed by atoms with Crippen molar-refractivity contribution in [3.05, 3.63) is 65.9 Å². The van der Waals surface area contributed by atoms with Gasteiger partial charge in [0, 0.05) is 5.39 Å². The third kappa shape index (κ3) is 4.85. The molecule has 28 heavy (non-hydrogen) atoms. The number of alkyl halides is 2. The van der Waals surface area contributed by atoms with Crippen LogP contribution in [0.2, 0.25) is 0 Å². The third-order valence-electron chi connectivity index (χ3n) is 3.88. The summed E-state index contributed by atoms with van der Waals surface area (Å²) in [6.45, 7) is -1.79. The van der Waals surface area contributed by atoms with Gasteiger partial charge in [0.2, 0.25) is 0 Å². The van der Waals surface area contributed by atoms with Crippen molar-refractivity contribution < 1.29 is 32.3 Å². The Hall–Kier alpha value is -3.42. The third-order valence-corrected chi connectivity index (χ3v) is 3.88. The van der Waals surface area contributed by atoms with Crippen LogP contribution in [-0.4, -0.2) is 25.1 Å². The number of para-hydroxylation sites is 1. The van der Waals surface area contributed by atoms with Gasteiger partial charge in [0.15, 0.2) is 6.61 Å². The van der Waals surface area contributed by atoms with Crippen LogP contribution >= 0.6 is 0 Å². The van der Waals surface area contributed by atoms with Crippen molar-refractivity contribution >= 4 is 22.8 Å². The first-order valence-corrected chi connectivity index (χ1v) is 8.42. The van der Waals surface area contributed by atoms with Gasteiger partial charge >= 0.3 is 12.6 Å². The summed E-state index contributed by atoms with van der Waals surface area (Å²) in [5, 5.41) is 3.58. The second-order valence-corrected chi connectivity index (χ2v) is 5.96. The summed E-state index contributed by atoms with van der Waals surface area (Å²) in [6.07, 6.45) is 0. The number of esters is 1. The molecule has 0 spiro atoms. The summed E-state index contributed by atoms with van der Waals surface area (Å²) in [5.74, 6) is -0.960. The zero-order valence-corrected chi connectivity index (χ0v) is 14.9. The molecule has 1 heterocycles. The Kier molecular flexibility index (Phi) is 5.88. The average molecular weight is 389 g/mol. The van der Waals surface area contributed by atoms with Gasteiger partial charge in [-0.3, -0.25) is 4.79 Å². The van der Waals surface area contributed by atoms with E-state index in [9.17, 15) is 18.4 Å². The first kappa shape index (κ1) is 19.3. The van der Waals surface area contributed by atoms with Crippen LogP contribution in [0.4, 0.5) is 8.78 Å². The van der Waals surface area contributed by atoms with Crippen molar-refractivity contribution in [2.75, 3.05) is 6.61 Å². The number of rotatable bonds is 7. The molecule has 0 radical (unpaired) electrons. The average Bonchev–Trinajstić information content (AvgIpc) is 3.10. The number of benzene rings is 2. The summed E-state index contributed by atoms with van der Waals surface area (Å²) in [4.78, 5) is 24.0. The molecule has 0 aliphatic carbocycles. The van der Waals surface area contributed by atoms with E-state index in [-0.39, 0.29) is 11.3 Å². The van der Waals surface area contributed by atoms with Gasteiger partial charge in [0.05, 0.1) is 11.6 Å². The summed E-state index contributed by atoms with van der Waals surface area (Å²) in [5.41, 5.74) is 0.701. The lowest BCUT2D eigenvalue weighted by atomic mass is 10.2. The first-order chi connectivity index (χ1) is 13.4. The van der Waals surface area contributed by atoms with E-state index in [1.165, 1.54) is 18.2 Å². The number of carbonyl (C=O) groups is 2. The van der Waals surface area contributed by atoms with Crippen LogP contribution in [0.25, 0.3) is 11.0 Å². The molecule has 3 aromatic rings. The van der Waals surface area contributed by atoms with E-state index < -0.39 is 31.1 Å². The highest BCUT2D eigenvalue weighted by atomic mass is 19.3. The number of fused-ring (bicyclic) bond motifs is 1. The van der Waals surface area contributed by atoms with E-state index in [4.69, 9.17) is 9.15 Å². The largest absolute Gasteiger partial charge is 0.459 e. The molecule has 0 aliphatic rings. The predicted molar refractivity (Wildman–Crippen MR) is 96.1 cm³/mol. The maximum Gasteiger partial charge on any atom is 0.387 e. The molecule has 1 atom stereocenters. The van der Waals surface area contributed by atoms with E-state index in [0.29, 0.717) is 11.3 Å². The van der Waals surface area contributed by atoms with E-state index in [2.05, 4.69) is 10.1 Å². The van der Waals surface area contributed by atoms with E-state index in [0.717, 1.165) is 11.5 Å². The topological polar surface area (TPSA) is 77.8 Å². The van der Waals surface area contributed by atoms with Crippen LogP contribution in [0.3, 0.4) is 0 Å². The lowest BCUT2D eigenvalue weighted by molar-refractivity contribution is -0.125. The Morgan fingerprint density at radius 3 is 2.64 bits per heavy atom. The molecule has 1 amide bonds. The van der Waals surface area contributed by atoms with Crippen LogP contribution in [-0.2, 0) is 9.53 Å². The molecular formula is C20H17F2NO5. The fourth-order valence-electron chi connectivity index (χ4n) is 2.58. The van der Waals surface area contributed by atoms with Crippen molar-refractivity contribution in [2.24, 2.45) is 0 Å². The first-order valence-electron chi connectivity index (χ1n) is 8.42. The zero-order valence-electron chi connectivity index (χ0n) is 14.9. The van der Waals surface area contributed by atoms with E-state index >= 15 is 0 Å². The van der Waals surface area contributed by atoms with Crippen LogP contribution in [0.15, 0.2) is 59.0 Å². The molecule has 0 fully saturated rings. The standard InChI is InChI=1S/C20H17F2NO5/c1-12(17-10-13-5-2-3-8-16(13)28-17)23-18(24)11-26-19(25)14-6-4-7-15(9-14)27-20(21)22/h2-10,12,20H,11H2,1H3,(H,23,24)/t12-/m1/s1. The Morgan fingerprint density at radius 1 is 1.11 bits per heavy atom. The second kappa shape index (κ2) is 8.51. The number of hydrogen-bond donors (Lipinski definition) is 1. The number of furan rings is 1. The number of nitrogens with one attached hydrogen (secondary N) is 1. The van der Waals surface area contributed by atoms with E-state index in [1.54, 1.807) is 6.92 Å². The van der Waals surface area contributed by atoms with Gasteiger partial charge in [-0.2, -0.15) is 8.78 Å². The molecule has 0 saturated carbocycles. The smallest absolute Gasteiger partial charge is 0.387 e. The molecule has 2 aromatic carbocycles. The summed E-state index contributed by atoms with van der Waals surface area (Å²) in [7, 11) is 0. The molecule has 0 unspecified atom stereocenters. The van der Waals surface area contributed by atoms with Gasteiger partial charge in [-0.15, -0.1) is 0 Å². The quantitative estimate of drug-likeness (QED) is 0.617. The molecular weight excluding hydrogens is 372 g/mol. The molecule has 0 saturated heterocycles.